The lowest BCUT2D eigenvalue weighted by Gasteiger charge is -2.35. The van der Waals surface area contributed by atoms with Crippen LogP contribution in [0.4, 0.5) is 11.4 Å². The second kappa shape index (κ2) is 4.94. The SMILES string of the molecule is CN1Cc2ccccc2NC1c1ccc([N+](=O)[O-])cc1. The molecule has 2 aromatic carbocycles. The number of nitrogens with zero attached hydrogens (tertiary/aromatic N) is 2. The van der Waals surface area contributed by atoms with E-state index in [0.29, 0.717) is 0 Å². The first-order valence-electron chi connectivity index (χ1n) is 6.44. The first-order chi connectivity index (χ1) is 9.65. The summed E-state index contributed by atoms with van der Waals surface area (Å²) in [5.74, 6) is 0. The van der Waals surface area contributed by atoms with Crippen LogP contribution in [-0.2, 0) is 6.54 Å². The number of hydrogen-bond donors (Lipinski definition) is 1. The fourth-order valence-corrected chi connectivity index (χ4v) is 2.53. The quantitative estimate of drug-likeness (QED) is 0.672. The molecule has 5 nitrogen and oxygen atoms in total. The van der Waals surface area contributed by atoms with E-state index in [2.05, 4.69) is 22.3 Å². The first-order valence-corrected chi connectivity index (χ1v) is 6.44. The zero-order valence-corrected chi connectivity index (χ0v) is 11.1. The van der Waals surface area contributed by atoms with Gasteiger partial charge in [-0.25, -0.2) is 0 Å². The number of nitro groups is 1. The summed E-state index contributed by atoms with van der Waals surface area (Å²) in [5, 5.41) is 14.2. The van der Waals surface area contributed by atoms with Crippen molar-refractivity contribution in [2.45, 2.75) is 12.7 Å². The van der Waals surface area contributed by atoms with Crippen LogP contribution in [0.1, 0.15) is 17.3 Å². The molecule has 2 aromatic rings. The van der Waals surface area contributed by atoms with Crippen molar-refractivity contribution in [2.24, 2.45) is 0 Å². The Morgan fingerprint density at radius 2 is 1.90 bits per heavy atom. The van der Waals surface area contributed by atoms with E-state index in [0.717, 1.165) is 17.8 Å². The van der Waals surface area contributed by atoms with Gasteiger partial charge in [0.05, 0.1) is 4.92 Å². The largest absolute Gasteiger partial charge is 0.366 e. The average molecular weight is 269 g/mol. The Labute approximate surface area is 117 Å². The molecule has 0 spiro atoms. The van der Waals surface area contributed by atoms with Gasteiger partial charge >= 0.3 is 0 Å². The lowest BCUT2D eigenvalue weighted by atomic mass is 10.0. The van der Waals surface area contributed by atoms with Gasteiger partial charge in [0.2, 0.25) is 0 Å². The van der Waals surface area contributed by atoms with Crippen LogP contribution in [0.25, 0.3) is 0 Å². The van der Waals surface area contributed by atoms with E-state index >= 15 is 0 Å². The summed E-state index contributed by atoms with van der Waals surface area (Å²) < 4.78 is 0. The summed E-state index contributed by atoms with van der Waals surface area (Å²) in [6, 6.07) is 14.9. The molecular formula is C15H15N3O2. The molecular weight excluding hydrogens is 254 g/mol. The Morgan fingerprint density at radius 3 is 2.60 bits per heavy atom. The highest BCUT2D eigenvalue weighted by Gasteiger charge is 2.23. The van der Waals surface area contributed by atoms with E-state index in [1.165, 1.54) is 5.56 Å². The molecule has 1 N–H and O–H groups in total. The average Bonchev–Trinajstić information content (AvgIpc) is 2.46. The molecule has 20 heavy (non-hydrogen) atoms. The second-order valence-corrected chi connectivity index (χ2v) is 4.97. The monoisotopic (exact) mass is 269 g/mol. The normalized spacial score (nSPS) is 18.1. The van der Waals surface area contributed by atoms with Gasteiger partial charge in [-0.2, -0.15) is 0 Å². The topological polar surface area (TPSA) is 58.4 Å². The fourth-order valence-electron chi connectivity index (χ4n) is 2.53. The van der Waals surface area contributed by atoms with Crippen molar-refractivity contribution in [2.75, 3.05) is 12.4 Å². The van der Waals surface area contributed by atoms with Crippen LogP contribution in [0.3, 0.4) is 0 Å². The number of fused-ring (bicyclic) bond motifs is 1. The third-order valence-corrected chi connectivity index (χ3v) is 3.59. The van der Waals surface area contributed by atoms with Gasteiger partial charge in [0.1, 0.15) is 6.17 Å². The third-order valence-electron chi connectivity index (χ3n) is 3.59. The van der Waals surface area contributed by atoms with Crippen molar-refractivity contribution in [3.8, 4) is 0 Å². The van der Waals surface area contributed by atoms with Gasteiger partial charge in [0.15, 0.2) is 0 Å². The van der Waals surface area contributed by atoms with Gasteiger partial charge in [0, 0.05) is 24.4 Å². The summed E-state index contributed by atoms with van der Waals surface area (Å²) in [6.07, 6.45) is 0.0331. The summed E-state index contributed by atoms with van der Waals surface area (Å²) in [4.78, 5) is 12.5. The smallest absolute Gasteiger partial charge is 0.269 e. The van der Waals surface area contributed by atoms with Gasteiger partial charge < -0.3 is 5.32 Å². The van der Waals surface area contributed by atoms with E-state index in [-0.39, 0.29) is 16.8 Å². The standard InChI is InChI=1S/C15H15N3O2/c1-17-10-12-4-2-3-5-14(12)16-15(17)11-6-8-13(9-7-11)18(19)20/h2-9,15-16H,10H2,1H3. The van der Waals surface area contributed by atoms with Crippen LogP contribution in [0, 0.1) is 10.1 Å². The highest BCUT2D eigenvalue weighted by atomic mass is 16.6. The van der Waals surface area contributed by atoms with Gasteiger partial charge in [-0.15, -0.1) is 0 Å². The molecule has 5 heteroatoms. The lowest BCUT2D eigenvalue weighted by Crippen LogP contribution is -2.34. The lowest BCUT2D eigenvalue weighted by molar-refractivity contribution is -0.384. The van der Waals surface area contributed by atoms with Crippen molar-refractivity contribution >= 4 is 11.4 Å². The minimum absolute atomic E-state index is 0.0331. The highest BCUT2D eigenvalue weighted by Crippen LogP contribution is 2.32. The zero-order valence-electron chi connectivity index (χ0n) is 11.1. The van der Waals surface area contributed by atoms with Gasteiger partial charge in [-0.3, -0.25) is 15.0 Å². The highest BCUT2D eigenvalue weighted by molar-refractivity contribution is 5.54. The predicted molar refractivity (Wildman–Crippen MR) is 77.4 cm³/mol. The van der Waals surface area contributed by atoms with Gasteiger partial charge in [-0.05, 0) is 36.4 Å². The molecule has 1 unspecified atom stereocenters. The Hall–Kier alpha value is -2.40. The summed E-state index contributed by atoms with van der Waals surface area (Å²) in [5.41, 5.74) is 3.52. The van der Waals surface area contributed by atoms with Crippen LogP contribution in [0.15, 0.2) is 48.5 Å². The Morgan fingerprint density at radius 1 is 1.20 bits per heavy atom. The molecule has 0 saturated heterocycles. The number of nitro benzene ring substituents is 1. The summed E-state index contributed by atoms with van der Waals surface area (Å²) >= 11 is 0. The first kappa shape index (κ1) is 12.6. The predicted octanol–water partition coefficient (Wildman–Crippen LogP) is 3.15. The van der Waals surface area contributed by atoms with Crippen molar-refractivity contribution in [3.63, 3.8) is 0 Å². The Bertz CT molecular complexity index is 640. The van der Waals surface area contributed by atoms with Crippen molar-refractivity contribution < 1.29 is 4.92 Å². The number of anilines is 1. The molecule has 0 amide bonds. The van der Waals surface area contributed by atoms with E-state index < -0.39 is 0 Å². The molecule has 1 aliphatic heterocycles. The maximum atomic E-state index is 10.7. The van der Waals surface area contributed by atoms with E-state index in [1.807, 2.05) is 19.2 Å². The van der Waals surface area contributed by atoms with Crippen molar-refractivity contribution in [1.29, 1.82) is 0 Å². The van der Waals surface area contributed by atoms with E-state index in [4.69, 9.17) is 0 Å². The molecule has 102 valence electrons. The molecule has 0 aliphatic carbocycles. The number of benzene rings is 2. The second-order valence-electron chi connectivity index (χ2n) is 4.97. The molecule has 0 fully saturated rings. The van der Waals surface area contributed by atoms with Crippen molar-refractivity contribution in [1.82, 2.24) is 4.90 Å². The Balaban J connectivity index is 1.89. The molecule has 1 atom stereocenters. The number of non-ortho nitro benzene ring substituents is 1. The van der Waals surface area contributed by atoms with Crippen LogP contribution in [-0.4, -0.2) is 16.9 Å². The molecule has 0 radical (unpaired) electrons. The maximum Gasteiger partial charge on any atom is 0.269 e. The van der Waals surface area contributed by atoms with E-state index in [1.54, 1.807) is 24.3 Å². The zero-order chi connectivity index (χ0) is 14.1. The molecule has 0 bridgehead atoms. The van der Waals surface area contributed by atoms with Crippen molar-refractivity contribution in [3.05, 3.63) is 69.8 Å². The summed E-state index contributed by atoms with van der Waals surface area (Å²) in [7, 11) is 2.04. The molecule has 0 aromatic heterocycles. The van der Waals surface area contributed by atoms with E-state index in [9.17, 15) is 10.1 Å². The maximum absolute atomic E-state index is 10.7. The fraction of sp³-hybridized carbons (Fsp3) is 0.200. The Kier molecular flexibility index (Phi) is 3.12. The third kappa shape index (κ3) is 2.23. The van der Waals surface area contributed by atoms with Gasteiger partial charge in [0.25, 0.3) is 5.69 Å². The van der Waals surface area contributed by atoms with Crippen LogP contribution >= 0.6 is 0 Å². The number of hydrogen-bond acceptors (Lipinski definition) is 4. The van der Waals surface area contributed by atoms with Crippen LogP contribution in [0.2, 0.25) is 0 Å². The minimum atomic E-state index is -0.378. The van der Waals surface area contributed by atoms with Gasteiger partial charge in [-0.1, -0.05) is 18.2 Å². The number of para-hydroxylation sites is 1. The van der Waals surface area contributed by atoms with Crippen LogP contribution < -0.4 is 5.32 Å². The van der Waals surface area contributed by atoms with Crippen LogP contribution in [0.5, 0.6) is 0 Å². The number of rotatable bonds is 2. The molecule has 1 heterocycles. The number of nitrogens with one attached hydrogen (secondary N) is 1. The molecule has 1 aliphatic rings. The molecule has 3 rings (SSSR count). The molecule has 0 saturated carbocycles. The minimum Gasteiger partial charge on any atom is -0.366 e. The summed E-state index contributed by atoms with van der Waals surface area (Å²) in [6.45, 7) is 0.852.